The molecule has 0 radical (unpaired) electrons. The highest BCUT2D eigenvalue weighted by Gasteiger charge is 2.47. The number of hydrogen-bond donors (Lipinski definition) is 0. The molecule has 0 fully saturated rings. The summed E-state index contributed by atoms with van der Waals surface area (Å²) in [6.07, 6.45) is -4.68. The van der Waals surface area contributed by atoms with Crippen molar-refractivity contribution in [3.63, 3.8) is 0 Å². The van der Waals surface area contributed by atoms with Gasteiger partial charge in [-0.3, -0.25) is 19.2 Å². The van der Waals surface area contributed by atoms with Crippen molar-refractivity contribution < 1.29 is 52.4 Å². The quantitative estimate of drug-likeness (QED) is 0.230. The normalized spacial score (nSPS) is 14.5. The van der Waals surface area contributed by atoms with Crippen LogP contribution < -0.4 is 0 Å². The molecular formula is C19H30O11. The molecule has 11 heteroatoms. The Kier molecular flexibility index (Phi) is 13.0. The van der Waals surface area contributed by atoms with Gasteiger partial charge in [0.15, 0.2) is 18.3 Å². The Bertz CT molecular complexity index is 601. The topological polar surface area (TPSA) is 141 Å². The van der Waals surface area contributed by atoms with E-state index in [9.17, 15) is 24.0 Å². The van der Waals surface area contributed by atoms with Crippen LogP contribution >= 0.6 is 0 Å². The monoisotopic (exact) mass is 434 g/mol. The second-order valence-corrected chi connectivity index (χ2v) is 6.28. The molecule has 0 N–H and O–H groups in total. The first-order chi connectivity index (χ1) is 14.0. The lowest BCUT2D eigenvalue weighted by atomic mass is 10.0. The van der Waals surface area contributed by atoms with Crippen LogP contribution in [0.25, 0.3) is 0 Å². The molecular weight excluding hydrogens is 404 g/mol. The molecule has 0 heterocycles. The first-order valence-electron chi connectivity index (χ1n) is 9.37. The van der Waals surface area contributed by atoms with E-state index in [0.717, 1.165) is 47.6 Å². The van der Waals surface area contributed by atoms with Gasteiger partial charge in [0.05, 0.1) is 13.7 Å². The lowest BCUT2D eigenvalue weighted by molar-refractivity contribution is -0.207. The Balaban J connectivity index is 6.13. The molecule has 0 aliphatic carbocycles. The summed E-state index contributed by atoms with van der Waals surface area (Å²) in [5.41, 5.74) is 0. The fourth-order valence-electron chi connectivity index (χ4n) is 2.44. The van der Waals surface area contributed by atoms with Gasteiger partial charge in [-0.25, -0.2) is 4.79 Å². The summed E-state index contributed by atoms with van der Waals surface area (Å²) in [5, 5.41) is 0. The molecule has 11 nitrogen and oxygen atoms in total. The standard InChI is InChI=1S/C19H30O11/c1-7-8-9-26-10-15(27-11(2)20)16(28-12(3)21)17(29-13(4)22)18(19(24)25-6)30-14(5)23/h15-18H,7-10H2,1-6H3/t15-,16+,17-,18-/m0/s1. The molecule has 0 saturated carbocycles. The predicted molar refractivity (Wildman–Crippen MR) is 100.0 cm³/mol. The molecule has 0 rings (SSSR count). The number of ether oxygens (including phenoxy) is 6. The lowest BCUT2D eigenvalue weighted by Crippen LogP contribution is -2.55. The van der Waals surface area contributed by atoms with Crippen LogP contribution in [0.4, 0.5) is 0 Å². The van der Waals surface area contributed by atoms with Crippen molar-refractivity contribution in [2.75, 3.05) is 20.3 Å². The zero-order valence-corrected chi connectivity index (χ0v) is 18.1. The summed E-state index contributed by atoms with van der Waals surface area (Å²) in [5.74, 6) is -4.38. The molecule has 0 amide bonds. The van der Waals surface area contributed by atoms with Crippen molar-refractivity contribution in [2.24, 2.45) is 0 Å². The Morgan fingerprint density at radius 2 is 1.23 bits per heavy atom. The number of esters is 5. The second-order valence-electron chi connectivity index (χ2n) is 6.28. The Morgan fingerprint density at radius 3 is 1.67 bits per heavy atom. The zero-order chi connectivity index (χ0) is 23.3. The summed E-state index contributed by atoms with van der Waals surface area (Å²) in [7, 11) is 1.03. The van der Waals surface area contributed by atoms with Gasteiger partial charge >= 0.3 is 29.8 Å². The van der Waals surface area contributed by atoms with Crippen molar-refractivity contribution in [2.45, 2.75) is 71.9 Å². The van der Waals surface area contributed by atoms with Gasteiger partial charge in [-0.05, 0) is 6.42 Å². The lowest BCUT2D eigenvalue weighted by Gasteiger charge is -2.34. The number of hydrogen-bond acceptors (Lipinski definition) is 11. The minimum absolute atomic E-state index is 0.233. The Labute approximate surface area is 175 Å². The fraction of sp³-hybridized carbons (Fsp3) is 0.737. The molecule has 0 aromatic rings. The van der Waals surface area contributed by atoms with Gasteiger partial charge in [-0.1, -0.05) is 13.3 Å². The highest BCUT2D eigenvalue weighted by atomic mass is 16.6. The minimum atomic E-state index is -1.78. The summed E-state index contributed by atoms with van der Waals surface area (Å²) in [6.45, 7) is 6.30. The molecule has 0 unspecified atom stereocenters. The van der Waals surface area contributed by atoms with Crippen LogP contribution in [0.1, 0.15) is 47.5 Å². The van der Waals surface area contributed by atoms with E-state index in [1.807, 2.05) is 6.92 Å². The predicted octanol–water partition coefficient (Wildman–Crippen LogP) is 0.703. The number of carbonyl (C=O) groups excluding carboxylic acids is 5. The fourth-order valence-corrected chi connectivity index (χ4v) is 2.44. The molecule has 0 spiro atoms. The van der Waals surface area contributed by atoms with E-state index in [1.54, 1.807) is 0 Å². The van der Waals surface area contributed by atoms with Gasteiger partial charge in [-0.2, -0.15) is 0 Å². The van der Waals surface area contributed by atoms with E-state index >= 15 is 0 Å². The van der Waals surface area contributed by atoms with E-state index < -0.39 is 54.3 Å². The third kappa shape index (κ3) is 10.7. The first-order valence-corrected chi connectivity index (χ1v) is 9.37. The average Bonchev–Trinajstić information content (AvgIpc) is 2.63. The van der Waals surface area contributed by atoms with Crippen molar-refractivity contribution in [3.8, 4) is 0 Å². The van der Waals surface area contributed by atoms with Gasteiger partial charge in [0.25, 0.3) is 0 Å². The largest absolute Gasteiger partial charge is 0.466 e. The molecule has 4 atom stereocenters. The average molecular weight is 434 g/mol. The van der Waals surface area contributed by atoms with Crippen molar-refractivity contribution in [1.82, 2.24) is 0 Å². The maximum absolute atomic E-state index is 12.2. The maximum atomic E-state index is 12.2. The molecule has 0 aliphatic heterocycles. The number of rotatable bonds is 13. The minimum Gasteiger partial charge on any atom is -0.466 e. The van der Waals surface area contributed by atoms with Gasteiger partial charge in [0.2, 0.25) is 6.10 Å². The molecule has 0 aromatic carbocycles. The van der Waals surface area contributed by atoms with Crippen molar-refractivity contribution in [3.05, 3.63) is 0 Å². The molecule has 30 heavy (non-hydrogen) atoms. The van der Waals surface area contributed by atoms with E-state index in [0.29, 0.717) is 6.61 Å². The van der Waals surface area contributed by atoms with Crippen LogP contribution in [0, 0.1) is 0 Å². The van der Waals surface area contributed by atoms with E-state index in [-0.39, 0.29) is 6.61 Å². The molecule has 0 aliphatic rings. The molecule has 0 saturated heterocycles. The third-order valence-corrected chi connectivity index (χ3v) is 3.56. The first kappa shape index (κ1) is 27.3. The van der Waals surface area contributed by atoms with Crippen molar-refractivity contribution >= 4 is 29.8 Å². The van der Waals surface area contributed by atoms with Crippen LogP contribution in [0.5, 0.6) is 0 Å². The van der Waals surface area contributed by atoms with Gasteiger partial charge in [0, 0.05) is 34.3 Å². The SMILES string of the molecule is CCCCOC[C@H](OC(C)=O)[C@@H](OC(C)=O)[C@H](OC(C)=O)[C@H](OC(C)=O)C(=O)OC. The summed E-state index contributed by atoms with van der Waals surface area (Å²) in [4.78, 5) is 58.8. The smallest absolute Gasteiger partial charge is 0.351 e. The molecule has 0 aromatic heterocycles. The van der Waals surface area contributed by atoms with Gasteiger partial charge in [-0.15, -0.1) is 0 Å². The highest BCUT2D eigenvalue weighted by Crippen LogP contribution is 2.21. The van der Waals surface area contributed by atoms with Gasteiger partial charge < -0.3 is 28.4 Å². The summed E-state index contributed by atoms with van der Waals surface area (Å²) in [6, 6.07) is 0. The van der Waals surface area contributed by atoms with Gasteiger partial charge in [0.1, 0.15) is 0 Å². The number of unbranched alkanes of at least 4 members (excludes halogenated alkanes) is 1. The van der Waals surface area contributed by atoms with Crippen LogP contribution in [0.2, 0.25) is 0 Å². The van der Waals surface area contributed by atoms with E-state index in [2.05, 4.69) is 4.74 Å². The number of methoxy groups -OCH3 is 1. The highest BCUT2D eigenvalue weighted by molar-refractivity contribution is 5.80. The Hall–Kier alpha value is -2.69. The van der Waals surface area contributed by atoms with Crippen molar-refractivity contribution in [1.29, 1.82) is 0 Å². The number of carbonyl (C=O) groups is 5. The zero-order valence-electron chi connectivity index (χ0n) is 18.1. The molecule has 172 valence electrons. The molecule has 0 bridgehead atoms. The Morgan fingerprint density at radius 1 is 0.733 bits per heavy atom. The van der Waals surface area contributed by atoms with Crippen LogP contribution in [0.15, 0.2) is 0 Å². The van der Waals surface area contributed by atoms with Crippen LogP contribution in [-0.4, -0.2) is 74.6 Å². The van der Waals surface area contributed by atoms with E-state index in [1.165, 1.54) is 0 Å². The van der Waals surface area contributed by atoms with Crippen LogP contribution in [0.3, 0.4) is 0 Å². The maximum Gasteiger partial charge on any atom is 0.351 e. The summed E-state index contributed by atoms with van der Waals surface area (Å²) >= 11 is 0. The van der Waals surface area contributed by atoms with E-state index in [4.69, 9.17) is 23.7 Å². The third-order valence-electron chi connectivity index (χ3n) is 3.56. The van der Waals surface area contributed by atoms with Crippen LogP contribution in [-0.2, 0) is 52.4 Å². The second kappa shape index (κ2) is 14.3. The summed E-state index contributed by atoms with van der Waals surface area (Å²) < 4.78 is 30.6.